The van der Waals surface area contributed by atoms with Gasteiger partial charge < -0.3 is 0 Å². The van der Waals surface area contributed by atoms with Crippen molar-refractivity contribution < 1.29 is 26.3 Å². The molecule has 0 radical (unpaired) electrons. The number of alkyl halides is 6. The van der Waals surface area contributed by atoms with Crippen molar-refractivity contribution in [3.05, 3.63) is 23.3 Å². The fraction of sp³-hybridized carbons (Fsp3) is 0.375. The van der Waals surface area contributed by atoms with Crippen LogP contribution in [0.4, 0.5) is 26.3 Å². The predicted octanol–water partition coefficient (Wildman–Crippen LogP) is 2.58. The van der Waals surface area contributed by atoms with Crippen LogP contribution in [0.25, 0.3) is 0 Å². The van der Waals surface area contributed by atoms with Crippen molar-refractivity contribution in [3.63, 3.8) is 0 Å². The van der Waals surface area contributed by atoms with E-state index >= 15 is 0 Å². The van der Waals surface area contributed by atoms with E-state index in [1.807, 2.05) is 0 Å². The Morgan fingerprint density at radius 3 is 2.12 bits per heavy atom. The first-order chi connectivity index (χ1) is 7.66. The van der Waals surface area contributed by atoms with Gasteiger partial charge in [0.25, 0.3) is 0 Å². The lowest BCUT2D eigenvalue weighted by atomic mass is 10.2. The van der Waals surface area contributed by atoms with Crippen molar-refractivity contribution in [2.45, 2.75) is 18.8 Å². The number of nitrogens with zero attached hydrogens (tertiary/aromatic N) is 3. The quantitative estimate of drug-likeness (QED) is 0.724. The van der Waals surface area contributed by atoms with E-state index in [1.54, 1.807) is 0 Å². The summed E-state index contributed by atoms with van der Waals surface area (Å²) in [6.07, 6.45) is -10.7. The highest BCUT2D eigenvalue weighted by molar-refractivity contribution is 5.24. The zero-order chi connectivity index (χ0) is 13.3. The molecule has 0 aliphatic carbocycles. The van der Waals surface area contributed by atoms with Crippen molar-refractivity contribution in [3.8, 4) is 6.07 Å². The van der Waals surface area contributed by atoms with Gasteiger partial charge in [-0.15, -0.1) is 0 Å². The zero-order valence-corrected chi connectivity index (χ0v) is 7.89. The summed E-state index contributed by atoms with van der Waals surface area (Å²) in [5.41, 5.74) is -2.42. The smallest absolute Gasteiger partial charge is 0.232 e. The standard InChI is InChI=1S/C8H3F6N3/c9-7(10,11)4-3-16-6(8(12,13)14)17-5(4)1-2-15/h3H,1H2. The molecule has 9 heteroatoms. The summed E-state index contributed by atoms with van der Waals surface area (Å²) in [4.78, 5) is 5.32. The Labute approximate surface area is 90.7 Å². The molecular formula is C8H3F6N3. The molecule has 0 aromatic carbocycles. The van der Waals surface area contributed by atoms with Crippen LogP contribution in [0, 0.1) is 11.3 Å². The van der Waals surface area contributed by atoms with Crippen LogP contribution in [0.5, 0.6) is 0 Å². The molecule has 1 heterocycles. The first-order valence-corrected chi connectivity index (χ1v) is 4.03. The number of halogens is 6. The van der Waals surface area contributed by atoms with Gasteiger partial charge in [-0.05, 0) is 0 Å². The van der Waals surface area contributed by atoms with E-state index in [2.05, 4.69) is 9.97 Å². The van der Waals surface area contributed by atoms with Crippen molar-refractivity contribution in [1.29, 1.82) is 5.26 Å². The molecule has 92 valence electrons. The highest BCUT2D eigenvalue weighted by Crippen LogP contribution is 2.33. The van der Waals surface area contributed by atoms with Gasteiger partial charge in [-0.1, -0.05) is 0 Å². The highest BCUT2D eigenvalue weighted by atomic mass is 19.4. The summed E-state index contributed by atoms with van der Waals surface area (Å²) in [6.45, 7) is 0. The lowest BCUT2D eigenvalue weighted by Gasteiger charge is -2.11. The van der Waals surface area contributed by atoms with Crippen LogP contribution in [0.1, 0.15) is 17.1 Å². The van der Waals surface area contributed by atoms with Gasteiger partial charge in [-0.25, -0.2) is 9.97 Å². The number of rotatable bonds is 1. The van der Waals surface area contributed by atoms with Crippen LogP contribution < -0.4 is 0 Å². The molecule has 0 spiro atoms. The van der Waals surface area contributed by atoms with E-state index in [4.69, 9.17) is 5.26 Å². The van der Waals surface area contributed by atoms with Gasteiger partial charge in [-0.3, -0.25) is 0 Å². The van der Waals surface area contributed by atoms with Crippen molar-refractivity contribution in [2.75, 3.05) is 0 Å². The molecular weight excluding hydrogens is 252 g/mol. The Morgan fingerprint density at radius 2 is 1.71 bits per heavy atom. The second-order valence-corrected chi connectivity index (χ2v) is 2.88. The van der Waals surface area contributed by atoms with E-state index < -0.39 is 35.9 Å². The summed E-state index contributed by atoms with van der Waals surface area (Å²) in [5.74, 6) is -1.70. The van der Waals surface area contributed by atoms with Crippen LogP contribution in [0.2, 0.25) is 0 Å². The first-order valence-electron chi connectivity index (χ1n) is 4.03. The molecule has 3 nitrogen and oxygen atoms in total. The number of nitriles is 1. The normalized spacial score (nSPS) is 12.3. The van der Waals surface area contributed by atoms with Gasteiger partial charge in [0.1, 0.15) is 0 Å². The molecule has 0 amide bonds. The molecule has 17 heavy (non-hydrogen) atoms. The fourth-order valence-electron chi connectivity index (χ4n) is 1.00. The Morgan fingerprint density at radius 1 is 1.12 bits per heavy atom. The van der Waals surface area contributed by atoms with E-state index in [1.165, 1.54) is 6.07 Å². The Kier molecular flexibility index (Phi) is 3.26. The van der Waals surface area contributed by atoms with Crippen LogP contribution in [0.3, 0.4) is 0 Å². The van der Waals surface area contributed by atoms with Crippen LogP contribution in [0.15, 0.2) is 6.20 Å². The summed E-state index contributed by atoms with van der Waals surface area (Å²) in [6, 6.07) is 1.32. The molecule has 1 rings (SSSR count). The van der Waals surface area contributed by atoms with Gasteiger partial charge >= 0.3 is 12.4 Å². The maximum atomic E-state index is 12.3. The SMILES string of the molecule is N#CCc1nc(C(F)(F)F)ncc1C(F)(F)F. The van der Waals surface area contributed by atoms with Gasteiger partial charge in [0.2, 0.25) is 5.82 Å². The third kappa shape index (κ3) is 3.05. The largest absolute Gasteiger partial charge is 0.451 e. The second kappa shape index (κ2) is 4.20. The number of hydrogen-bond donors (Lipinski definition) is 0. The van der Waals surface area contributed by atoms with E-state index in [9.17, 15) is 26.3 Å². The van der Waals surface area contributed by atoms with Gasteiger partial charge in [-0.2, -0.15) is 31.6 Å². The number of hydrogen-bond acceptors (Lipinski definition) is 3. The molecule has 0 fully saturated rings. The Bertz CT molecular complexity index is 456. The monoisotopic (exact) mass is 255 g/mol. The van der Waals surface area contributed by atoms with Gasteiger partial charge in [0, 0.05) is 6.20 Å². The van der Waals surface area contributed by atoms with Crippen molar-refractivity contribution >= 4 is 0 Å². The third-order valence-corrected chi connectivity index (χ3v) is 1.67. The van der Waals surface area contributed by atoms with E-state index in [0.29, 0.717) is 0 Å². The molecule has 1 aromatic rings. The molecule has 0 aliphatic heterocycles. The van der Waals surface area contributed by atoms with E-state index in [0.717, 1.165) is 0 Å². The average molecular weight is 255 g/mol. The maximum absolute atomic E-state index is 12.3. The summed E-state index contributed by atoms with van der Waals surface area (Å²) in [7, 11) is 0. The third-order valence-electron chi connectivity index (χ3n) is 1.67. The summed E-state index contributed by atoms with van der Waals surface area (Å²) >= 11 is 0. The molecule has 1 aromatic heterocycles. The van der Waals surface area contributed by atoms with Crippen molar-refractivity contribution in [1.82, 2.24) is 9.97 Å². The molecule has 0 aliphatic rings. The summed E-state index contributed by atoms with van der Waals surface area (Å²) < 4.78 is 73.4. The molecule has 0 saturated heterocycles. The van der Waals surface area contributed by atoms with Gasteiger partial charge in [0.05, 0.1) is 23.7 Å². The lowest BCUT2D eigenvalue weighted by molar-refractivity contribution is -0.148. The Hall–Kier alpha value is -1.85. The molecule has 0 atom stereocenters. The zero-order valence-electron chi connectivity index (χ0n) is 7.89. The summed E-state index contributed by atoms with van der Waals surface area (Å²) in [5, 5.41) is 8.24. The predicted molar refractivity (Wildman–Crippen MR) is 41.4 cm³/mol. The Balaban J connectivity index is 3.33. The number of aromatic nitrogens is 2. The minimum atomic E-state index is -4.95. The minimum absolute atomic E-state index is 0.0303. The van der Waals surface area contributed by atoms with Gasteiger partial charge in [0.15, 0.2) is 0 Å². The first kappa shape index (κ1) is 13.2. The lowest BCUT2D eigenvalue weighted by Crippen LogP contribution is -2.17. The van der Waals surface area contributed by atoms with Crippen molar-refractivity contribution in [2.24, 2.45) is 0 Å². The maximum Gasteiger partial charge on any atom is 0.451 e. The molecule has 0 unspecified atom stereocenters. The van der Waals surface area contributed by atoms with Crippen LogP contribution >= 0.6 is 0 Å². The fourth-order valence-corrected chi connectivity index (χ4v) is 1.00. The average Bonchev–Trinajstić information content (AvgIpc) is 2.15. The minimum Gasteiger partial charge on any atom is -0.232 e. The molecule has 0 N–H and O–H groups in total. The van der Waals surface area contributed by atoms with Crippen LogP contribution in [-0.2, 0) is 18.8 Å². The second-order valence-electron chi connectivity index (χ2n) is 2.88. The van der Waals surface area contributed by atoms with Crippen LogP contribution in [-0.4, -0.2) is 9.97 Å². The highest BCUT2D eigenvalue weighted by Gasteiger charge is 2.39. The molecule has 0 saturated carbocycles. The van der Waals surface area contributed by atoms with E-state index in [-0.39, 0.29) is 6.20 Å². The molecule has 0 bridgehead atoms. The topological polar surface area (TPSA) is 49.6 Å².